The molecule has 1 aliphatic carbocycles. The Hall–Kier alpha value is -1.87. The van der Waals surface area contributed by atoms with Gasteiger partial charge < -0.3 is 10.6 Å². The van der Waals surface area contributed by atoms with Crippen molar-refractivity contribution in [1.82, 2.24) is 5.32 Å². The molecule has 2 aromatic carbocycles. The van der Waals surface area contributed by atoms with Crippen molar-refractivity contribution in [3.05, 3.63) is 65.2 Å². The second-order valence-electron chi connectivity index (χ2n) is 7.22. The van der Waals surface area contributed by atoms with Crippen molar-refractivity contribution in [3.63, 3.8) is 0 Å². The van der Waals surface area contributed by atoms with Gasteiger partial charge in [-0.15, -0.1) is 0 Å². The summed E-state index contributed by atoms with van der Waals surface area (Å²) < 4.78 is 0. The average Bonchev–Trinajstić information content (AvgIpc) is 2.90. The van der Waals surface area contributed by atoms with E-state index in [1.165, 1.54) is 16.7 Å². The van der Waals surface area contributed by atoms with Crippen LogP contribution >= 0.6 is 12.2 Å². The maximum Gasteiger partial charge on any atom is 0.171 e. The lowest BCUT2D eigenvalue weighted by molar-refractivity contribution is 0.590. The molecule has 1 atom stereocenters. The zero-order valence-corrected chi connectivity index (χ0v) is 14.8. The van der Waals surface area contributed by atoms with Crippen molar-refractivity contribution >= 4 is 23.0 Å². The lowest BCUT2D eigenvalue weighted by Gasteiger charge is -2.20. The molecule has 0 aromatic heterocycles. The minimum absolute atomic E-state index is 0.171. The van der Waals surface area contributed by atoms with Crippen molar-refractivity contribution in [3.8, 4) is 0 Å². The largest absolute Gasteiger partial charge is 0.356 e. The standard InChI is InChI=1S/C20H24N2S/c1-20(2,3)15-9-11-16(12-10-15)21-19(23)22-18-13-8-14-6-4-5-7-17(14)18/h4-7,9-12,18H,8,13H2,1-3H3,(H2,21,22,23). The van der Waals surface area contributed by atoms with Crippen LogP contribution in [0.5, 0.6) is 0 Å². The molecule has 2 nitrogen and oxygen atoms in total. The molecule has 0 heterocycles. The highest BCUT2D eigenvalue weighted by atomic mass is 32.1. The first-order valence-electron chi connectivity index (χ1n) is 8.19. The van der Waals surface area contributed by atoms with Gasteiger partial charge in [-0.1, -0.05) is 57.2 Å². The molecule has 0 bridgehead atoms. The third-order valence-corrected chi connectivity index (χ3v) is 4.67. The van der Waals surface area contributed by atoms with Crippen LogP contribution < -0.4 is 10.6 Å². The lowest BCUT2D eigenvalue weighted by Crippen LogP contribution is -2.31. The van der Waals surface area contributed by atoms with E-state index in [4.69, 9.17) is 12.2 Å². The topological polar surface area (TPSA) is 24.1 Å². The first kappa shape index (κ1) is 16.0. The summed E-state index contributed by atoms with van der Waals surface area (Å²) in [5.41, 5.74) is 5.33. The van der Waals surface area contributed by atoms with Gasteiger partial charge in [-0.2, -0.15) is 0 Å². The fraction of sp³-hybridized carbons (Fsp3) is 0.350. The minimum atomic E-state index is 0.171. The van der Waals surface area contributed by atoms with Crippen LogP contribution in [0.15, 0.2) is 48.5 Å². The van der Waals surface area contributed by atoms with Crippen molar-refractivity contribution in [2.45, 2.75) is 45.1 Å². The maximum absolute atomic E-state index is 5.49. The van der Waals surface area contributed by atoms with E-state index in [0.717, 1.165) is 18.5 Å². The molecule has 0 aliphatic heterocycles. The number of thiocarbonyl (C=S) groups is 1. The van der Waals surface area contributed by atoms with Crippen LogP contribution in [0.25, 0.3) is 0 Å². The van der Waals surface area contributed by atoms with E-state index in [-0.39, 0.29) is 5.41 Å². The van der Waals surface area contributed by atoms with Gasteiger partial charge in [0.25, 0.3) is 0 Å². The third-order valence-electron chi connectivity index (χ3n) is 4.45. The van der Waals surface area contributed by atoms with Gasteiger partial charge in [0.2, 0.25) is 0 Å². The Morgan fingerprint density at radius 1 is 1.04 bits per heavy atom. The average molecular weight is 324 g/mol. The highest BCUT2D eigenvalue weighted by Gasteiger charge is 2.22. The summed E-state index contributed by atoms with van der Waals surface area (Å²) in [6, 6.07) is 17.4. The summed E-state index contributed by atoms with van der Waals surface area (Å²) in [7, 11) is 0. The second kappa shape index (κ2) is 6.32. The SMILES string of the molecule is CC(C)(C)c1ccc(NC(=S)NC2CCc3ccccc32)cc1. The Morgan fingerprint density at radius 2 is 1.74 bits per heavy atom. The molecule has 1 unspecified atom stereocenters. The van der Waals surface area contributed by atoms with E-state index in [1.807, 2.05) is 0 Å². The van der Waals surface area contributed by atoms with E-state index in [0.29, 0.717) is 11.2 Å². The summed E-state index contributed by atoms with van der Waals surface area (Å²) in [6.07, 6.45) is 2.22. The molecular formula is C20H24N2S. The summed E-state index contributed by atoms with van der Waals surface area (Å²) >= 11 is 5.49. The summed E-state index contributed by atoms with van der Waals surface area (Å²) in [5.74, 6) is 0. The lowest BCUT2D eigenvalue weighted by atomic mass is 9.87. The molecule has 1 aliphatic rings. The Labute approximate surface area is 144 Å². The molecular weight excluding hydrogens is 300 g/mol. The fourth-order valence-corrected chi connectivity index (χ4v) is 3.35. The molecule has 3 rings (SSSR count). The molecule has 0 spiro atoms. The van der Waals surface area contributed by atoms with E-state index in [1.54, 1.807) is 0 Å². The van der Waals surface area contributed by atoms with Crippen LogP contribution in [-0.2, 0) is 11.8 Å². The zero-order chi connectivity index (χ0) is 16.4. The normalized spacial score (nSPS) is 16.7. The highest BCUT2D eigenvalue weighted by Crippen LogP contribution is 2.30. The Morgan fingerprint density at radius 3 is 2.43 bits per heavy atom. The molecule has 3 heteroatoms. The molecule has 120 valence electrons. The number of hydrogen-bond donors (Lipinski definition) is 2. The number of benzene rings is 2. The quantitative estimate of drug-likeness (QED) is 0.764. The van der Waals surface area contributed by atoms with Gasteiger partial charge in [0.1, 0.15) is 0 Å². The molecule has 0 amide bonds. The summed E-state index contributed by atoms with van der Waals surface area (Å²) in [4.78, 5) is 0. The summed E-state index contributed by atoms with van der Waals surface area (Å²) in [6.45, 7) is 6.66. The number of aryl methyl sites for hydroxylation is 1. The zero-order valence-electron chi connectivity index (χ0n) is 14.0. The third kappa shape index (κ3) is 3.73. The smallest absolute Gasteiger partial charge is 0.171 e. The van der Waals surface area contributed by atoms with Crippen LogP contribution in [0.1, 0.15) is 49.9 Å². The Balaban J connectivity index is 1.62. The van der Waals surface area contributed by atoms with Gasteiger partial charge in [0.15, 0.2) is 5.11 Å². The monoisotopic (exact) mass is 324 g/mol. The molecule has 0 saturated heterocycles. The number of rotatable bonds is 2. The summed E-state index contributed by atoms with van der Waals surface area (Å²) in [5, 5.41) is 7.44. The minimum Gasteiger partial charge on any atom is -0.356 e. The van der Waals surface area contributed by atoms with Crippen molar-refractivity contribution in [1.29, 1.82) is 0 Å². The fourth-order valence-electron chi connectivity index (χ4n) is 3.09. The molecule has 0 radical (unpaired) electrons. The van der Waals surface area contributed by atoms with Crippen LogP contribution in [0.2, 0.25) is 0 Å². The van der Waals surface area contributed by atoms with Gasteiger partial charge >= 0.3 is 0 Å². The predicted octanol–water partition coefficient (Wildman–Crippen LogP) is 4.96. The van der Waals surface area contributed by atoms with Gasteiger partial charge in [0.05, 0.1) is 6.04 Å². The van der Waals surface area contributed by atoms with E-state index >= 15 is 0 Å². The van der Waals surface area contributed by atoms with Crippen LogP contribution in [0, 0.1) is 0 Å². The van der Waals surface area contributed by atoms with E-state index in [9.17, 15) is 0 Å². The van der Waals surface area contributed by atoms with Gasteiger partial charge in [-0.3, -0.25) is 0 Å². The van der Waals surface area contributed by atoms with Crippen LogP contribution in [0.4, 0.5) is 5.69 Å². The Kier molecular flexibility index (Phi) is 4.40. The predicted molar refractivity (Wildman–Crippen MR) is 102 cm³/mol. The second-order valence-corrected chi connectivity index (χ2v) is 7.62. The van der Waals surface area contributed by atoms with Crippen molar-refractivity contribution in [2.75, 3.05) is 5.32 Å². The molecule has 0 fully saturated rings. The molecule has 2 N–H and O–H groups in total. The molecule has 0 saturated carbocycles. The van der Waals surface area contributed by atoms with Crippen molar-refractivity contribution in [2.24, 2.45) is 0 Å². The van der Waals surface area contributed by atoms with Crippen LogP contribution in [-0.4, -0.2) is 5.11 Å². The van der Waals surface area contributed by atoms with Gasteiger partial charge in [0, 0.05) is 5.69 Å². The Bertz CT molecular complexity index is 698. The number of fused-ring (bicyclic) bond motifs is 1. The van der Waals surface area contributed by atoms with Gasteiger partial charge in [-0.25, -0.2) is 0 Å². The van der Waals surface area contributed by atoms with E-state index < -0.39 is 0 Å². The van der Waals surface area contributed by atoms with Gasteiger partial charge in [-0.05, 0) is 59.3 Å². The highest BCUT2D eigenvalue weighted by molar-refractivity contribution is 7.80. The van der Waals surface area contributed by atoms with Crippen LogP contribution in [0.3, 0.4) is 0 Å². The van der Waals surface area contributed by atoms with Crippen molar-refractivity contribution < 1.29 is 0 Å². The number of nitrogens with one attached hydrogen (secondary N) is 2. The number of hydrogen-bond acceptors (Lipinski definition) is 1. The molecule has 2 aromatic rings. The first-order chi connectivity index (χ1) is 10.9. The molecule has 23 heavy (non-hydrogen) atoms. The first-order valence-corrected chi connectivity index (χ1v) is 8.60. The number of anilines is 1. The van der Waals surface area contributed by atoms with E-state index in [2.05, 4.69) is 79.9 Å². The maximum atomic E-state index is 5.49.